The van der Waals surface area contributed by atoms with E-state index >= 15 is 0 Å². The molecule has 1 atom stereocenters. The van der Waals surface area contributed by atoms with Crippen molar-refractivity contribution >= 4 is 17.3 Å². The van der Waals surface area contributed by atoms with Crippen LogP contribution in [0.25, 0.3) is 0 Å². The molecule has 0 radical (unpaired) electrons. The van der Waals surface area contributed by atoms with Crippen molar-refractivity contribution in [2.75, 3.05) is 26.7 Å². The van der Waals surface area contributed by atoms with E-state index in [1.165, 1.54) is 37.2 Å². The first-order chi connectivity index (χ1) is 10.8. The topological polar surface area (TPSA) is 52.6 Å². The van der Waals surface area contributed by atoms with E-state index in [2.05, 4.69) is 32.4 Å². The molecule has 1 aliphatic heterocycles. The van der Waals surface area contributed by atoms with Crippen molar-refractivity contribution in [1.29, 1.82) is 0 Å². The van der Waals surface area contributed by atoms with E-state index < -0.39 is 0 Å². The molecule has 6 heteroatoms. The molecule has 1 unspecified atom stereocenters. The van der Waals surface area contributed by atoms with E-state index in [9.17, 15) is 0 Å². The molecule has 3 rings (SSSR count). The first-order valence-electron chi connectivity index (χ1n) is 8.40. The van der Waals surface area contributed by atoms with Crippen LogP contribution in [0.1, 0.15) is 36.1 Å². The molecule has 1 saturated heterocycles. The first-order valence-corrected chi connectivity index (χ1v) is 9.22. The molecular formula is C16H27N5S. The van der Waals surface area contributed by atoms with Gasteiger partial charge >= 0.3 is 0 Å². The summed E-state index contributed by atoms with van der Waals surface area (Å²) in [5, 5.41) is 7.96. The van der Waals surface area contributed by atoms with Crippen molar-refractivity contribution in [1.82, 2.24) is 20.5 Å². The van der Waals surface area contributed by atoms with Crippen LogP contribution in [0.3, 0.4) is 0 Å². The number of guanidine groups is 1. The number of likely N-dealkylation sites (tertiary alicyclic amines) is 1. The highest BCUT2D eigenvalue weighted by Crippen LogP contribution is 2.31. The Balaban J connectivity index is 1.38. The van der Waals surface area contributed by atoms with Crippen molar-refractivity contribution in [3.05, 3.63) is 16.1 Å². The van der Waals surface area contributed by atoms with Gasteiger partial charge in [-0.25, -0.2) is 4.98 Å². The lowest BCUT2D eigenvalue weighted by Crippen LogP contribution is -2.40. The highest BCUT2D eigenvalue weighted by molar-refractivity contribution is 7.11. The molecule has 0 spiro atoms. The van der Waals surface area contributed by atoms with Crippen molar-refractivity contribution in [2.45, 2.75) is 45.2 Å². The van der Waals surface area contributed by atoms with Crippen molar-refractivity contribution in [3.8, 4) is 0 Å². The number of thiazole rings is 1. The number of nitrogens with zero attached hydrogens (tertiary/aromatic N) is 3. The number of nitrogens with one attached hydrogen (secondary N) is 2. The van der Waals surface area contributed by atoms with Gasteiger partial charge in [0, 0.05) is 37.3 Å². The van der Waals surface area contributed by atoms with Crippen LogP contribution in [0.4, 0.5) is 0 Å². The fourth-order valence-electron chi connectivity index (χ4n) is 3.01. The summed E-state index contributed by atoms with van der Waals surface area (Å²) in [6.07, 6.45) is 7.17. The van der Waals surface area contributed by atoms with Crippen molar-refractivity contribution in [2.24, 2.45) is 10.9 Å². The van der Waals surface area contributed by atoms with Gasteiger partial charge in [0.1, 0.15) is 5.01 Å². The third-order valence-electron chi connectivity index (χ3n) is 4.52. The van der Waals surface area contributed by atoms with E-state index in [0.717, 1.165) is 42.4 Å². The third kappa shape index (κ3) is 4.20. The molecule has 5 nitrogen and oxygen atoms in total. The van der Waals surface area contributed by atoms with Crippen LogP contribution in [0.15, 0.2) is 11.2 Å². The Kier molecular flexibility index (Phi) is 5.31. The quantitative estimate of drug-likeness (QED) is 0.620. The van der Waals surface area contributed by atoms with E-state index in [1.807, 2.05) is 13.2 Å². The van der Waals surface area contributed by atoms with Gasteiger partial charge in [0.05, 0.1) is 6.54 Å². The van der Waals surface area contributed by atoms with E-state index in [0.29, 0.717) is 0 Å². The predicted molar refractivity (Wildman–Crippen MR) is 92.4 cm³/mol. The zero-order valence-corrected chi connectivity index (χ0v) is 14.5. The molecular weight excluding hydrogens is 294 g/mol. The molecule has 0 aromatic carbocycles. The molecule has 122 valence electrons. The zero-order chi connectivity index (χ0) is 15.4. The standard InChI is InChI=1S/C16H27N5S/c1-3-14-9-18-15(22-14)10-20-16(17-2)19-8-12-6-7-21(11-12)13-4-5-13/h9,12-13H,3-8,10-11H2,1-2H3,(H2,17,19,20). The first kappa shape index (κ1) is 15.7. The molecule has 2 fully saturated rings. The van der Waals surface area contributed by atoms with E-state index in [1.54, 1.807) is 11.3 Å². The molecule has 1 aromatic rings. The molecule has 1 aromatic heterocycles. The highest BCUT2D eigenvalue weighted by Gasteiger charge is 2.34. The maximum absolute atomic E-state index is 4.43. The van der Waals surface area contributed by atoms with Gasteiger partial charge < -0.3 is 15.5 Å². The number of aryl methyl sites for hydroxylation is 1. The van der Waals surface area contributed by atoms with Gasteiger partial charge in [0.25, 0.3) is 0 Å². The van der Waals surface area contributed by atoms with Gasteiger partial charge in [-0.3, -0.25) is 4.99 Å². The summed E-state index contributed by atoms with van der Waals surface area (Å²) in [7, 11) is 1.83. The third-order valence-corrected chi connectivity index (χ3v) is 5.66. The van der Waals surface area contributed by atoms with Gasteiger partial charge in [-0.1, -0.05) is 6.92 Å². The Labute approximate surface area is 137 Å². The molecule has 22 heavy (non-hydrogen) atoms. The molecule has 2 N–H and O–H groups in total. The number of hydrogen-bond donors (Lipinski definition) is 2. The highest BCUT2D eigenvalue weighted by atomic mass is 32.1. The minimum Gasteiger partial charge on any atom is -0.356 e. The van der Waals surface area contributed by atoms with E-state index in [-0.39, 0.29) is 0 Å². The summed E-state index contributed by atoms with van der Waals surface area (Å²) in [5.41, 5.74) is 0. The molecule has 0 bridgehead atoms. The van der Waals surface area contributed by atoms with Crippen LogP contribution < -0.4 is 10.6 Å². The average molecular weight is 321 g/mol. The predicted octanol–water partition coefficient (Wildman–Crippen LogP) is 1.85. The lowest BCUT2D eigenvalue weighted by molar-refractivity contribution is 0.314. The van der Waals surface area contributed by atoms with Gasteiger partial charge in [0.15, 0.2) is 5.96 Å². The molecule has 1 aliphatic carbocycles. The Morgan fingerprint density at radius 2 is 2.27 bits per heavy atom. The molecule has 1 saturated carbocycles. The number of aromatic nitrogens is 1. The molecule has 2 aliphatic rings. The summed E-state index contributed by atoms with van der Waals surface area (Å²) in [4.78, 5) is 12.7. The minimum atomic E-state index is 0.753. The Hall–Kier alpha value is -1.14. The summed E-state index contributed by atoms with van der Waals surface area (Å²) in [6, 6.07) is 0.903. The smallest absolute Gasteiger partial charge is 0.191 e. The largest absolute Gasteiger partial charge is 0.356 e. The fourth-order valence-corrected chi connectivity index (χ4v) is 3.82. The van der Waals surface area contributed by atoms with Gasteiger partial charge in [-0.05, 0) is 38.1 Å². The summed E-state index contributed by atoms with van der Waals surface area (Å²) >= 11 is 1.78. The zero-order valence-electron chi connectivity index (χ0n) is 13.6. The lowest BCUT2D eigenvalue weighted by atomic mass is 10.1. The lowest BCUT2D eigenvalue weighted by Gasteiger charge is -2.16. The Morgan fingerprint density at radius 3 is 2.95 bits per heavy atom. The van der Waals surface area contributed by atoms with Crippen LogP contribution in [-0.4, -0.2) is 48.6 Å². The Morgan fingerprint density at radius 1 is 1.41 bits per heavy atom. The number of rotatable bonds is 6. The normalized spacial score (nSPS) is 23.0. The maximum atomic E-state index is 4.43. The minimum absolute atomic E-state index is 0.753. The second-order valence-corrected chi connectivity index (χ2v) is 7.46. The summed E-state index contributed by atoms with van der Waals surface area (Å²) in [6.45, 7) is 6.46. The van der Waals surface area contributed by atoms with Crippen LogP contribution in [0.5, 0.6) is 0 Å². The van der Waals surface area contributed by atoms with Crippen molar-refractivity contribution < 1.29 is 0 Å². The number of hydrogen-bond acceptors (Lipinski definition) is 4. The summed E-state index contributed by atoms with van der Waals surface area (Å²) in [5.74, 6) is 1.64. The van der Waals surface area contributed by atoms with E-state index in [4.69, 9.17) is 0 Å². The maximum Gasteiger partial charge on any atom is 0.191 e. The van der Waals surface area contributed by atoms with Crippen molar-refractivity contribution in [3.63, 3.8) is 0 Å². The number of aliphatic imine (C=N–C) groups is 1. The fraction of sp³-hybridized carbons (Fsp3) is 0.750. The second-order valence-electron chi connectivity index (χ2n) is 6.26. The van der Waals surface area contributed by atoms with Gasteiger partial charge in [0.2, 0.25) is 0 Å². The Bertz CT molecular complexity index is 508. The molecule has 2 heterocycles. The monoisotopic (exact) mass is 321 g/mol. The average Bonchev–Trinajstić information content (AvgIpc) is 3.11. The SMILES string of the molecule is CCc1cnc(CNC(=NC)NCC2CCN(C3CC3)C2)s1. The van der Waals surface area contributed by atoms with Gasteiger partial charge in [-0.15, -0.1) is 11.3 Å². The van der Waals surface area contributed by atoms with Crippen LogP contribution >= 0.6 is 11.3 Å². The van der Waals surface area contributed by atoms with Gasteiger partial charge in [-0.2, -0.15) is 0 Å². The second kappa shape index (κ2) is 7.42. The van der Waals surface area contributed by atoms with Crippen LogP contribution in [-0.2, 0) is 13.0 Å². The summed E-state index contributed by atoms with van der Waals surface area (Å²) < 4.78 is 0. The van der Waals surface area contributed by atoms with Crippen LogP contribution in [0.2, 0.25) is 0 Å². The van der Waals surface area contributed by atoms with Crippen LogP contribution in [0, 0.1) is 5.92 Å². The molecule has 0 amide bonds.